The molecule has 0 saturated heterocycles. The predicted molar refractivity (Wildman–Crippen MR) is 144 cm³/mol. The minimum absolute atomic E-state index is 0.267. The van der Waals surface area contributed by atoms with Crippen LogP contribution in [0.4, 0.5) is 0 Å². The summed E-state index contributed by atoms with van der Waals surface area (Å²) in [5.74, 6) is 1.05. The Balaban J connectivity index is 1.41. The molecule has 6 rings (SSSR count). The standard InChI is InChI=1S/C31H22O6/c1-18-26(35-17-19-10-11-20-6-3-4-7-21(20)14-19)13-12-23-24(16-28(32)36-29(18)23)25-15-22-8-5-9-27(34-2)30(22)37-31(25)33/h3-16H,17H2,1-2H3. The van der Waals surface area contributed by atoms with Gasteiger partial charge in [-0.05, 0) is 53.6 Å². The van der Waals surface area contributed by atoms with Crippen molar-refractivity contribution in [3.05, 3.63) is 117 Å². The molecule has 0 amide bonds. The van der Waals surface area contributed by atoms with E-state index in [2.05, 4.69) is 24.3 Å². The summed E-state index contributed by atoms with van der Waals surface area (Å²) in [5.41, 5.74) is 1.98. The fourth-order valence-electron chi connectivity index (χ4n) is 4.68. The first-order valence-electron chi connectivity index (χ1n) is 11.8. The maximum atomic E-state index is 13.0. The molecule has 0 aliphatic rings. The largest absolute Gasteiger partial charge is 0.493 e. The summed E-state index contributed by atoms with van der Waals surface area (Å²) in [7, 11) is 1.51. The Labute approximate surface area is 211 Å². The van der Waals surface area contributed by atoms with Crippen molar-refractivity contribution in [2.75, 3.05) is 7.11 Å². The van der Waals surface area contributed by atoms with Gasteiger partial charge in [0.15, 0.2) is 11.3 Å². The quantitative estimate of drug-likeness (QED) is 0.253. The first kappa shape index (κ1) is 22.6. The minimum atomic E-state index is -0.571. The highest BCUT2D eigenvalue weighted by molar-refractivity contribution is 5.97. The maximum absolute atomic E-state index is 13.0. The smallest absolute Gasteiger partial charge is 0.344 e. The highest BCUT2D eigenvalue weighted by atomic mass is 16.5. The molecular weight excluding hydrogens is 468 g/mol. The second kappa shape index (κ2) is 8.99. The van der Waals surface area contributed by atoms with Crippen LogP contribution in [-0.2, 0) is 6.61 Å². The molecule has 6 nitrogen and oxygen atoms in total. The summed E-state index contributed by atoms with van der Waals surface area (Å²) >= 11 is 0. The van der Waals surface area contributed by atoms with Crippen LogP contribution in [0.5, 0.6) is 11.5 Å². The van der Waals surface area contributed by atoms with Gasteiger partial charge in [-0.25, -0.2) is 9.59 Å². The van der Waals surface area contributed by atoms with E-state index in [-0.39, 0.29) is 5.56 Å². The van der Waals surface area contributed by atoms with E-state index >= 15 is 0 Å². The number of methoxy groups -OCH3 is 1. The number of rotatable bonds is 5. The number of ether oxygens (including phenoxy) is 2. The summed E-state index contributed by atoms with van der Waals surface area (Å²) in [5, 5.41) is 3.60. The van der Waals surface area contributed by atoms with Crippen LogP contribution in [0.25, 0.3) is 43.8 Å². The average molecular weight is 491 g/mol. The second-order valence-corrected chi connectivity index (χ2v) is 8.84. The Hall–Kier alpha value is -4.84. The third kappa shape index (κ3) is 4.02. The van der Waals surface area contributed by atoms with Gasteiger partial charge in [0, 0.05) is 28.0 Å². The second-order valence-electron chi connectivity index (χ2n) is 8.84. The number of fused-ring (bicyclic) bond motifs is 3. The average Bonchev–Trinajstić information content (AvgIpc) is 2.92. The summed E-state index contributed by atoms with van der Waals surface area (Å²) in [4.78, 5) is 25.5. The normalized spacial score (nSPS) is 11.3. The highest BCUT2D eigenvalue weighted by Crippen LogP contribution is 2.34. The molecule has 6 aromatic rings. The maximum Gasteiger partial charge on any atom is 0.344 e. The van der Waals surface area contributed by atoms with Crippen LogP contribution in [0.2, 0.25) is 0 Å². The zero-order chi connectivity index (χ0) is 25.5. The summed E-state index contributed by atoms with van der Waals surface area (Å²) in [6.07, 6.45) is 0. The Bertz CT molecular complexity index is 1930. The van der Waals surface area contributed by atoms with Crippen molar-refractivity contribution in [1.29, 1.82) is 0 Å². The van der Waals surface area contributed by atoms with Crippen molar-refractivity contribution in [2.24, 2.45) is 0 Å². The Morgan fingerprint density at radius 2 is 1.51 bits per heavy atom. The lowest BCUT2D eigenvalue weighted by atomic mass is 10.0. The van der Waals surface area contributed by atoms with Crippen molar-refractivity contribution in [3.8, 4) is 22.6 Å². The SMILES string of the molecule is COc1cccc2cc(-c3cc(=O)oc4c(C)c(OCc5ccc6ccccc6c5)ccc34)c(=O)oc12. The zero-order valence-corrected chi connectivity index (χ0v) is 20.2. The molecule has 0 unspecified atom stereocenters. The molecule has 0 bridgehead atoms. The van der Waals surface area contributed by atoms with Crippen molar-refractivity contribution >= 4 is 32.7 Å². The molecule has 0 aliphatic carbocycles. The van der Waals surface area contributed by atoms with Gasteiger partial charge in [0.1, 0.15) is 17.9 Å². The Morgan fingerprint density at radius 1 is 0.703 bits per heavy atom. The van der Waals surface area contributed by atoms with Crippen molar-refractivity contribution in [3.63, 3.8) is 0 Å². The first-order chi connectivity index (χ1) is 18.0. The molecular formula is C31H22O6. The molecule has 2 heterocycles. The van der Waals surface area contributed by atoms with E-state index in [0.29, 0.717) is 51.2 Å². The van der Waals surface area contributed by atoms with E-state index < -0.39 is 11.3 Å². The molecule has 4 aromatic carbocycles. The Morgan fingerprint density at radius 3 is 2.35 bits per heavy atom. The van der Waals surface area contributed by atoms with Crippen LogP contribution >= 0.6 is 0 Å². The fourth-order valence-corrected chi connectivity index (χ4v) is 4.68. The molecule has 0 spiro atoms. The van der Waals surface area contributed by atoms with Crippen molar-refractivity contribution in [2.45, 2.75) is 13.5 Å². The Kier molecular flexibility index (Phi) is 5.49. The van der Waals surface area contributed by atoms with Gasteiger partial charge in [-0.1, -0.05) is 48.5 Å². The van der Waals surface area contributed by atoms with Gasteiger partial charge < -0.3 is 18.3 Å². The summed E-state index contributed by atoms with van der Waals surface area (Å²) in [6.45, 7) is 2.19. The number of hydrogen-bond donors (Lipinski definition) is 0. The summed E-state index contributed by atoms with van der Waals surface area (Å²) in [6, 6.07) is 26.3. The third-order valence-corrected chi connectivity index (χ3v) is 6.55. The van der Waals surface area contributed by atoms with Crippen LogP contribution in [0, 0.1) is 6.92 Å². The van der Waals surface area contributed by atoms with Crippen LogP contribution in [-0.4, -0.2) is 7.11 Å². The summed E-state index contributed by atoms with van der Waals surface area (Å²) < 4.78 is 22.6. The van der Waals surface area contributed by atoms with Crippen molar-refractivity contribution in [1.82, 2.24) is 0 Å². The zero-order valence-electron chi connectivity index (χ0n) is 20.2. The highest BCUT2D eigenvalue weighted by Gasteiger charge is 2.18. The molecule has 182 valence electrons. The number of para-hydroxylation sites is 1. The van der Waals surface area contributed by atoms with E-state index in [0.717, 1.165) is 10.9 Å². The molecule has 37 heavy (non-hydrogen) atoms. The van der Waals surface area contributed by atoms with E-state index in [1.165, 1.54) is 18.6 Å². The van der Waals surface area contributed by atoms with E-state index in [4.69, 9.17) is 18.3 Å². The van der Waals surface area contributed by atoms with Crippen LogP contribution in [0.1, 0.15) is 11.1 Å². The van der Waals surface area contributed by atoms with Crippen LogP contribution in [0.3, 0.4) is 0 Å². The van der Waals surface area contributed by atoms with Gasteiger partial charge in [-0.15, -0.1) is 0 Å². The van der Waals surface area contributed by atoms with Gasteiger partial charge in [-0.2, -0.15) is 0 Å². The fraction of sp³-hybridized carbons (Fsp3) is 0.0968. The topological polar surface area (TPSA) is 78.9 Å². The van der Waals surface area contributed by atoms with Crippen LogP contribution in [0.15, 0.2) is 103 Å². The molecule has 0 fully saturated rings. The molecule has 0 atom stereocenters. The van der Waals surface area contributed by atoms with Gasteiger partial charge in [0.2, 0.25) is 0 Å². The molecule has 6 heteroatoms. The molecule has 0 radical (unpaired) electrons. The lowest BCUT2D eigenvalue weighted by molar-refractivity contribution is 0.304. The van der Waals surface area contributed by atoms with Gasteiger partial charge in [0.05, 0.1) is 12.7 Å². The lowest BCUT2D eigenvalue weighted by Gasteiger charge is -2.13. The van der Waals surface area contributed by atoms with E-state index in [1.807, 2.05) is 43.3 Å². The predicted octanol–water partition coefficient (Wildman–Crippen LogP) is 6.62. The molecule has 2 aromatic heterocycles. The van der Waals surface area contributed by atoms with Crippen LogP contribution < -0.4 is 20.7 Å². The van der Waals surface area contributed by atoms with E-state index in [1.54, 1.807) is 18.2 Å². The third-order valence-electron chi connectivity index (χ3n) is 6.55. The van der Waals surface area contributed by atoms with E-state index in [9.17, 15) is 9.59 Å². The number of aryl methyl sites for hydroxylation is 1. The monoisotopic (exact) mass is 490 g/mol. The molecule has 0 saturated carbocycles. The first-order valence-corrected chi connectivity index (χ1v) is 11.8. The van der Waals surface area contributed by atoms with Crippen molar-refractivity contribution < 1.29 is 18.3 Å². The molecule has 0 aliphatic heterocycles. The lowest BCUT2D eigenvalue weighted by Crippen LogP contribution is -2.07. The molecule has 0 N–H and O–H groups in total. The number of hydrogen-bond acceptors (Lipinski definition) is 6. The van der Waals surface area contributed by atoms with Gasteiger partial charge >= 0.3 is 11.3 Å². The number of benzene rings is 4. The van der Waals surface area contributed by atoms with Gasteiger partial charge in [0.25, 0.3) is 0 Å². The minimum Gasteiger partial charge on any atom is -0.493 e. The van der Waals surface area contributed by atoms with Gasteiger partial charge in [-0.3, -0.25) is 0 Å².